The Morgan fingerprint density at radius 1 is 0.920 bits per heavy atom. The topological polar surface area (TPSA) is 117 Å². The Kier molecular flexibility index (Phi) is 8.81. The molecule has 7 rings (SSSR count). The lowest BCUT2D eigenvalue weighted by Crippen LogP contribution is -2.36. The van der Waals surface area contributed by atoms with E-state index >= 15 is 0 Å². The summed E-state index contributed by atoms with van der Waals surface area (Å²) in [6.45, 7) is 2.21. The predicted octanol–water partition coefficient (Wildman–Crippen LogP) is 7.46. The Bertz CT molecular complexity index is 2190. The van der Waals surface area contributed by atoms with Crippen molar-refractivity contribution in [1.29, 1.82) is 5.26 Å². The van der Waals surface area contributed by atoms with Gasteiger partial charge in [0.05, 0.1) is 23.6 Å². The third-order valence-corrected chi connectivity index (χ3v) is 8.86. The molecule has 0 radical (unpaired) electrons. The lowest BCUT2D eigenvalue weighted by Gasteiger charge is -2.37. The van der Waals surface area contributed by atoms with Gasteiger partial charge >= 0.3 is 0 Å². The fourth-order valence-corrected chi connectivity index (χ4v) is 6.52. The summed E-state index contributed by atoms with van der Waals surface area (Å²) in [6.07, 6.45) is 5.49. The van der Waals surface area contributed by atoms with Crippen molar-refractivity contribution in [3.63, 3.8) is 0 Å². The van der Waals surface area contributed by atoms with E-state index in [4.69, 9.17) is 21.8 Å². The molecule has 50 heavy (non-hydrogen) atoms. The van der Waals surface area contributed by atoms with Gasteiger partial charge in [0.25, 0.3) is 5.91 Å². The Morgan fingerprint density at radius 3 is 2.12 bits per heavy atom. The van der Waals surface area contributed by atoms with Gasteiger partial charge in [0.2, 0.25) is 0 Å². The summed E-state index contributed by atoms with van der Waals surface area (Å²) < 4.78 is 18.0. The van der Waals surface area contributed by atoms with Crippen molar-refractivity contribution in [1.82, 2.24) is 34.8 Å². The smallest absolute Gasteiger partial charge is 0.269 e. The van der Waals surface area contributed by atoms with Crippen LogP contribution in [-0.4, -0.2) is 41.5 Å². The number of carbonyl (C=O) groups excluding carboxylic acids is 1. The highest BCUT2D eigenvalue weighted by atomic mass is 35.5. The number of nitrogens with one attached hydrogen (secondary N) is 2. The van der Waals surface area contributed by atoms with Gasteiger partial charge in [-0.1, -0.05) is 103 Å². The van der Waals surface area contributed by atoms with E-state index in [1.165, 1.54) is 12.1 Å². The lowest BCUT2D eigenvalue weighted by molar-refractivity contribution is 0.0931. The number of carbonyl (C=O) groups is 1. The first kappa shape index (κ1) is 32.2. The number of rotatable bonds is 10. The van der Waals surface area contributed by atoms with Crippen LogP contribution in [0, 0.1) is 17.1 Å². The number of aromatic nitrogens is 6. The number of aromatic amines is 1. The standard InChI is InChI=1S/C39H30ClFN8O/c1-26(23-49-18-17-34(47-49)27-19-32(40)31(22-42)33(41)20-27)44-38(50)36-21-35(45-46-36)37-24-48(25-43-37)39(28-11-5-2-6-12-28,29-13-7-3-8-14-29)30-15-9-4-10-16-30/h2-21,24-26H,23H2,1H3,(H,44,50)(H,45,46). The summed E-state index contributed by atoms with van der Waals surface area (Å²) in [5, 5.41) is 23.9. The van der Waals surface area contributed by atoms with E-state index < -0.39 is 11.4 Å². The van der Waals surface area contributed by atoms with Crippen molar-refractivity contribution >= 4 is 17.5 Å². The molecule has 9 nitrogen and oxygen atoms in total. The molecule has 0 spiro atoms. The molecule has 0 bridgehead atoms. The van der Waals surface area contributed by atoms with E-state index in [0.717, 1.165) is 16.7 Å². The largest absolute Gasteiger partial charge is 0.346 e. The molecule has 0 aliphatic carbocycles. The first-order valence-corrected chi connectivity index (χ1v) is 16.2. The molecule has 0 aliphatic heterocycles. The van der Waals surface area contributed by atoms with Gasteiger partial charge in [-0.25, -0.2) is 9.37 Å². The van der Waals surface area contributed by atoms with E-state index in [-0.39, 0.29) is 28.2 Å². The second-order valence-electron chi connectivity index (χ2n) is 11.9. The van der Waals surface area contributed by atoms with Crippen LogP contribution in [0.15, 0.2) is 134 Å². The summed E-state index contributed by atoms with van der Waals surface area (Å²) in [7, 11) is 0. The Hall–Kier alpha value is -6.31. The van der Waals surface area contributed by atoms with Gasteiger partial charge in [0.15, 0.2) is 0 Å². The summed E-state index contributed by atoms with van der Waals surface area (Å²) >= 11 is 6.07. The average molecular weight is 681 g/mol. The molecule has 4 aromatic carbocycles. The minimum absolute atomic E-state index is 0.0197. The number of nitriles is 1. The number of halogens is 2. The van der Waals surface area contributed by atoms with Gasteiger partial charge < -0.3 is 9.88 Å². The predicted molar refractivity (Wildman–Crippen MR) is 189 cm³/mol. The third kappa shape index (κ3) is 6.06. The molecule has 2 N–H and O–H groups in total. The molecular formula is C39H30ClFN8O. The van der Waals surface area contributed by atoms with E-state index in [1.54, 1.807) is 35.4 Å². The van der Waals surface area contributed by atoms with Gasteiger partial charge in [-0.05, 0) is 47.9 Å². The zero-order valence-corrected chi connectivity index (χ0v) is 27.6. The zero-order chi connectivity index (χ0) is 34.7. The molecule has 0 fully saturated rings. The minimum atomic E-state index is -0.728. The fraction of sp³-hybridized carbons (Fsp3) is 0.103. The molecule has 1 amide bonds. The van der Waals surface area contributed by atoms with E-state index in [9.17, 15) is 9.18 Å². The van der Waals surface area contributed by atoms with E-state index in [2.05, 4.69) is 61.6 Å². The van der Waals surface area contributed by atoms with E-state index in [0.29, 0.717) is 29.2 Å². The molecule has 0 aliphatic rings. The van der Waals surface area contributed by atoms with Crippen LogP contribution >= 0.6 is 11.6 Å². The highest BCUT2D eigenvalue weighted by Crippen LogP contribution is 2.41. The molecule has 246 valence electrons. The van der Waals surface area contributed by atoms with Gasteiger partial charge in [0, 0.05) is 24.0 Å². The van der Waals surface area contributed by atoms with Crippen LogP contribution in [0.3, 0.4) is 0 Å². The molecular weight excluding hydrogens is 651 g/mol. The first-order valence-electron chi connectivity index (χ1n) is 15.9. The van der Waals surface area contributed by atoms with Crippen LogP contribution in [0.5, 0.6) is 0 Å². The summed E-state index contributed by atoms with van der Waals surface area (Å²) in [5.74, 6) is -1.05. The van der Waals surface area contributed by atoms with Gasteiger partial charge in [-0.2, -0.15) is 15.5 Å². The number of H-pyrrole nitrogens is 1. The maximum absolute atomic E-state index is 14.3. The van der Waals surface area contributed by atoms with Crippen molar-refractivity contribution in [3.8, 4) is 28.7 Å². The zero-order valence-electron chi connectivity index (χ0n) is 26.8. The highest BCUT2D eigenvalue weighted by molar-refractivity contribution is 6.32. The van der Waals surface area contributed by atoms with Crippen LogP contribution < -0.4 is 5.32 Å². The average Bonchev–Trinajstić information content (AvgIpc) is 3.92. The molecule has 1 unspecified atom stereocenters. The monoisotopic (exact) mass is 680 g/mol. The van der Waals surface area contributed by atoms with E-state index in [1.807, 2.05) is 67.7 Å². The second kappa shape index (κ2) is 13.7. The van der Waals surface area contributed by atoms with Gasteiger partial charge in [0.1, 0.15) is 40.1 Å². The third-order valence-electron chi connectivity index (χ3n) is 8.56. The number of hydrogen-bond acceptors (Lipinski definition) is 5. The van der Waals surface area contributed by atoms with Gasteiger partial charge in [-0.15, -0.1) is 0 Å². The number of nitrogens with zero attached hydrogens (tertiary/aromatic N) is 6. The second-order valence-corrected chi connectivity index (χ2v) is 12.3. The van der Waals surface area contributed by atoms with Crippen LogP contribution in [0.2, 0.25) is 5.02 Å². The Labute approximate surface area is 292 Å². The van der Waals surface area contributed by atoms with Crippen LogP contribution in [0.1, 0.15) is 39.7 Å². The van der Waals surface area contributed by atoms with Crippen LogP contribution in [0.25, 0.3) is 22.6 Å². The number of benzene rings is 4. The van der Waals surface area contributed by atoms with Crippen molar-refractivity contribution in [2.75, 3.05) is 0 Å². The minimum Gasteiger partial charge on any atom is -0.346 e. The summed E-state index contributed by atoms with van der Waals surface area (Å²) in [5.41, 5.74) is 4.60. The normalized spacial score (nSPS) is 12.0. The molecule has 3 heterocycles. The van der Waals surface area contributed by atoms with Crippen molar-refractivity contribution < 1.29 is 9.18 Å². The molecule has 3 aromatic heterocycles. The molecule has 0 saturated carbocycles. The maximum Gasteiger partial charge on any atom is 0.269 e. The SMILES string of the molecule is CC(Cn1ccc(-c2cc(F)c(C#N)c(Cl)c2)n1)NC(=O)c1cc(-c2cn(C(c3ccccc3)(c3ccccc3)c3ccccc3)cn2)n[nH]1. The highest BCUT2D eigenvalue weighted by Gasteiger charge is 2.38. The number of imidazole rings is 1. The molecule has 0 saturated heterocycles. The van der Waals surface area contributed by atoms with Crippen molar-refractivity contribution in [3.05, 3.63) is 173 Å². The Balaban J connectivity index is 1.11. The van der Waals surface area contributed by atoms with Gasteiger partial charge in [-0.3, -0.25) is 14.6 Å². The van der Waals surface area contributed by atoms with Crippen molar-refractivity contribution in [2.24, 2.45) is 0 Å². The first-order chi connectivity index (χ1) is 24.4. The quantitative estimate of drug-likeness (QED) is 0.146. The Morgan fingerprint density at radius 2 is 1.54 bits per heavy atom. The fourth-order valence-electron chi connectivity index (χ4n) is 6.27. The summed E-state index contributed by atoms with van der Waals surface area (Å²) in [4.78, 5) is 18.0. The lowest BCUT2D eigenvalue weighted by atomic mass is 9.77. The van der Waals surface area contributed by atoms with Crippen LogP contribution in [0.4, 0.5) is 4.39 Å². The summed E-state index contributed by atoms with van der Waals surface area (Å²) in [6, 6.07) is 38.5. The maximum atomic E-state index is 14.3. The molecule has 1 atom stereocenters. The number of amides is 1. The molecule has 11 heteroatoms. The molecule has 7 aromatic rings. The number of hydrogen-bond donors (Lipinski definition) is 2. The van der Waals surface area contributed by atoms with Crippen molar-refractivity contribution in [2.45, 2.75) is 25.0 Å². The van der Waals surface area contributed by atoms with Crippen LogP contribution in [-0.2, 0) is 12.1 Å².